The zero-order chi connectivity index (χ0) is 17.3. The van der Waals surface area contributed by atoms with Gasteiger partial charge in [0.25, 0.3) is 0 Å². The number of nitrogens with one attached hydrogen (secondary N) is 1. The van der Waals surface area contributed by atoms with Gasteiger partial charge in [-0.15, -0.1) is 0 Å². The van der Waals surface area contributed by atoms with Crippen LogP contribution < -0.4 is 10.1 Å². The second kappa shape index (κ2) is 6.89. The van der Waals surface area contributed by atoms with Crippen molar-refractivity contribution < 1.29 is 14.3 Å². The third kappa shape index (κ3) is 3.67. The molecule has 1 aromatic carbocycles. The van der Waals surface area contributed by atoms with Crippen LogP contribution in [0.5, 0.6) is 5.75 Å². The van der Waals surface area contributed by atoms with Crippen LogP contribution in [0.3, 0.4) is 0 Å². The molecule has 2 heterocycles. The number of hydrogen-bond acceptors (Lipinski definition) is 4. The van der Waals surface area contributed by atoms with Crippen LogP contribution >= 0.6 is 15.9 Å². The van der Waals surface area contributed by atoms with E-state index in [0.29, 0.717) is 13.2 Å². The van der Waals surface area contributed by atoms with Crippen molar-refractivity contribution in [1.82, 2.24) is 5.32 Å². The van der Waals surface area contributed by atoms with E-state index in [0.717, 1.165) is 40.7 Å². The molecular formula is C19H24BrNO3. The fourth-order valence-corrected chi connectivity index (χ4v) is 3.96. The third-order valence-electron chi connectivity index (χ3n) is 4.68. The molecule has 0 spiro atoms. The minimum atomic E-state index is -0.104. The Kier molecular flexibility index (Phi) is 5.02. The monoisotopic (exact) mass is 393 g/mol. The van der Waals surface area contributed by atoms with E-state index in [2.05, 4.69) is 41.2 Å². The van der Waals surface area contributed by atoms with Crippen molar-refractivity contribution in [1.29, 1.82) is 0 Å². The van der Waals surface area contributed by atoms with Crippen LogP contribution in [0.1, 0.15) is 37.8 Å². The topological polar surface area (TPSA) is 47.6 Å². The quantitative estimate of drug-likeness (QED) is 0.794. The highest BCUT2D eigenvalue weighted by Crippen LogP contribution is 2.37. The molecule has 0 amide bonds. The molecule has 0 aliphatic carbocycles. The van der Waals surface area contributed by atoms with E-state index >= 15 is 0 Å². The molecule has 1 N–H and O–H groups in total. The lowest BCUT2D eigenvalue weighted by atomic mass is 9.84. The molecule has 0 aromatic heterocycles. The zero-order valence-electron chi connectivity index (χ0n) is 14.4. The molecule has 2 aliphatic rings. The van der Waals surface area contributed by atoms with E-state index in [-0.39, 0.29) is 17.2 Å². The van der Waals surface area contributed by atoms with Gasteiger partial charge >= 0.3 is 0 Å². The number of carbonyl (C=O) groups is 1. The molecule has 1 fully saturated rings. The van der Waals surface area contributed by atoms with Crippen molar-refractivity contribution in [3.8, 4) is 5.75 Å². The van der Waals surface area contributed by atoms with Gasteiger partial charge in [0.15, 0.2) is 5.78 Å². The van der Waals surface area contributed by atoms with E-state index in [9.17, 15) is 4.79 Å². The van der Waals surface area contributed by atoms with Gasteiger partial charge in [-0.25, -0.2) is 0 Å². The van der Waals surface area contributed by atoms with Gasteiger partial charge in [0.05, 0.1) is 11.6 Å². The number of methoxy groups -OCH3 is 1. The highest BCUT2D eigenvalue weighted by atomic mass is 79.9. The standard InChI is InChI=1S/C19H24BrNO3/c1-19(2)11-13-8-18(23-3)15(20)9-14(13)16(21-19)10-17(22)12-4-6-24-7-5-12/h8-10,12,21H,4-7,11H2,1-3H3. The zero-order valence-corrected chi connectivity index (χ0v) is 16.0. The number of ketones is 1. The highest BCUT2D eigenvalue weighted by Gasteiger charge is 2.30. The second-order valence-corrected chi connectivity index (χ2v) is 8.03. The SMILES string of the molecule is COc1cc2c(cc1Br)C(=CC(=O)C1CCOCC1)NC(C)(C)C2. The van der Waals surface area contributed by atoms with Crippen LogP contribution in [0.15, 0.2) is 22.7 Å². The summed E-state index contributed by atoms with van der Waals surface area (Å²) in [6, 6.07) is 4.11. The van der Waals surface area contributed by atoms with Crippen molar-refractivity contribution in [3.05, 3.63) is 33.8 Å². The maximum absolute atomic E-state index is 12.7. The summed E-state index contributed by atoms with van der Waals surface area (Å²) in [7, 11) is 1.67. The maximum Gasteiger partial charge on any atom is 0.161 e. The molecule has 0 saturated carbocycles. The molecule has 0 bridgehead atoms. The molecule has 4 nitrogen and oxygen atoms in total. The van der Waals surface area contributed by atoms with E-state index < -0.39 is 0 Å². The average molecular weight is 394 g/mol. The Labute approximate surface area is 151 Å². The van der Waals surface area contributed by atoms with Crippen LogP contribution in [0.25, 0.3) is 5.70 Å². The minimum Gasteiger partial charge on any atom is -0.496 e. The van der Waals surface area contributed by atoms with Crippen molar-refractivity contribution in [2.45, 2.75) is 38.6 Å². The first-order chi connectivity index (χ1) is 11.4. The molecule has 2 aliphatic heterocycles. The van der Waals surface area contributed by atoms with E-state index in [4.69, 9.17) is 9.47 Å². The van der Waals surface area contributed by atoms with Crippen LogP contribution in [0.2, 0.25) is 0 Å². The number of carbonyl (C=O) groups excluding carboxylic acids is 1. The number of allylic oxidation sites excluding steroid dienone is 1. The normalized spacial score (nSPS) is 21.9. The Bertz CT molecular complexity index is 675. The molecule has 0 unspecified atom stereocenters. The number of hydrogen-bond donors (Lipinski definition) is 1. The second-order valence-electron chi connectivity index (χ2n) is 7.18. The summed E-state index contributed by atoms with van der Waals surface area (Å²) in [6.07, 6.45) is 4.29. The smallest absolute Gasteiger partial charge is 0.161 e. The summed E-state index contributed by atoms with van der Waals surface area (Å²) < 4.78 is 11.7. The van der Waals surface area contributed by atoms with Crippen LogP contribution in [-0.2, 0) is 16.0 Å². The fourth-order valence-electron chi connectivity index (χ4n) is 3.46. The highest BCUT2D eigenvalue weighted by molar-refractivity contribution is 9.10. The van der Waals surface area contributed by atoms with Crippen molar-refractivity contribution in [2.75, 3.05) is 20.3 Å². The Morgan fingerprint density at radius 3 is 2.75 bits per heavy atom. The van der Waals surface area contributed by atoms with Gasteiger partial charge in [-0.2, -0.15) is 0 Å². The summed E-state index contributed by atoms with van der Waals surface area (Å²) in [4.78, 5) is 12.7. The van der Waals surface area contributed by atoms with E-state index in [1.165, 1.54) is 5.56 Å². The van der Waals surface area contributed by atoms with Crippen LogP contribution in [-0.4, -0.2) is 31.6 Å². The first kappa shape index (κ1) is 17.5. The average Bonchev–Trinajstić information content (AvgIpc) is 2.55. The molecule has 130 valence electrons. The maximum atomic E-state index is 12.7. The van der Waals surface area contributed by atoms with Gasteiger partial charge in [0, 0.05) is 42.0 Å². The molecule has 0 atom stereocenters. The first-order valence-corrected chi connectivity index (χ1v) is 9.17. The van der Waals surface area contributed by atoms with Gasteiger partial charge in [-0.05, 0) is 66.7 Å². The third-order valence-corrected chi connectivity index (χ3v) is 5.30. The van der Waals surface area contributed by atoms with E-state index in [1.807, 2.05) is 6.07 Å². The lowest BCUT2D eigenvalue weighted by molar-refractivity contribution is -0.120. The fraction of sp³-hybridized carbons (Fsp3) is 0.526. The number of halogens is 1. The molecule has 24 heavy (non-hydrogen) atoms. The molecule has 5 heteroatoms. The van der Waals surface area contributed by atoms with Crippen molar-refractivity contribution >= 4 is 27.4 Å². The van der Waals surface area contributed by atoms with Crippen molar-refractivity contribution in [2.24, 2.45) is 5.92 Å². The Morgan fingerprint density at radius 2 is 2.08 bits per heavy atom. The van der Waals surface area contributed by atoms with Crippen LogP contribution in [0.4, 0.5) is 0 Å². The Hall–Kier alpha value is -1.33. The van der Waals surface area contributed by atoms with Gasteiger partial charge in [0.2, 0.25) is 0 Å². The summed E-state index contributed by atoms with van der Waals surface area (Å²) in [5, 5.41) is 3.53. The summed E-state index contributed by atoms with van der Waals surface area (Å²) >= 11 is 3.55. The van der Waals surface area contributed by atoms with Gasteiger partial charge in [-0.1, -0.05) is 0 Å². The van der Waals surface area contributed by atoms with Crippen LogP contribution in [0, 0.1) is 5.92 Å². The lowest BCUT2D eigenvalue weighted by Crippen LogP contribution is -2.44. The van der Waals surface area contributed by atoms with Gasteiger partial charge < -0.3 is 14.8 Å². The Morgan fingerprint density at radius 1 is 1.38 bits per heavy atom. The van der Waals surface area contributed by atoms with Crippen molar-refractivity contribution in [3.63, 3.8) is 0 Å². The summed E-state index contributed by atoms with van der Waals surface area (Å²) in [6.45, 7) is 5.66. The van der Waals surface area contributed by atoms with Gasteiger partial charge in [0.1, 0.15) is 5.75 Å². The van der Waals surface area contributed by atoms with Gasteiger partial charge in [-0.3, -0.25) is 4.79 Å². The molecule has 3 rings (SSSR count). The van der Waals surface area contributed by atoms with E-state index in [1.54, 1.807) is 13.2 Å². The molecule has 1 aromatic rings. The number of fused-ring (bicyclic) bond motifs is 1. The molecule has 0 radical (unpaired) electrons. The predicted molar refractivity (Wildman–Crippen MR) is 98.1 cm³/mol. The number of benzene rings is 1. The number of ether oxygens (including phenoxy) is 2. The Balaban J connectivity index is 1.97. The molecular weight excluding hydrogens is 370 g/mol. The predicted octanol–water partition coefficient (Wildman–Crippen LogP) is 3.72. The first-order valence-electron chi connectivity index (χ1n) is 8.38. The minimum absolute atomic E-state index is 0.0724. The number of rotatable bonds is 3. The molecule has 1 saturated heterocycles. The lowest BCUT2D eigenvalue weighted by Gasteiger charge is -2.36. The summed E-state index contributed by atoms with van der Waals surface area (Å²) in [5.41, 5.74) is 3.07. The summed E-state index contributed by atoms with van der Waals surface area (Å²) in [5.74, 6) is 1.08. The largest absolute Gasteiger partial charge is 0.496 e.